The highest BCUT2D eigenvalue weighted by Crippen LogP contribution is 2.26. The lowest BCUT2D eigenvalue weighted by Crippen LogP contribution is -2.25. The standard InChI is InChI=1S/C10H9NO2S2/c12-7-4-2-1-3-6(7)5-8-9(13)11-10(14)15-8/h1-4,8,12H,5H2,(H,11,13,14). The van der Waals surface area contributed by atoms with Crippen molar-refractivity contribution < 1.29 is 9.90 Å². The van der Waals surface area contributed by atoms with E-state index in [2.05, 4.69) is 5.32 Å². The van der Waals surface area contributed by atoms with Gasteiger partial charge in [0.25, 0.3) is 0 Å². The fourth-order valence-corrected chi connectivity index (χ4v) is 2.71. The largest absolute Gasteiger partial charge is 0.508 e. The van der Waals surface area contributed by atoms with Crippen LogP contribution in [0.1, 0.15) is 5.56 Å². The molecule has 78 valence electrons. The molecule has 2 rings (SSSR count). The first-order valence-corrected chi connectivity index (χ1v) is 5.74. The summed E-state index contributed by atoms with van der Waals surface area (Å²) in [5.41, 5.74) is 0.773. The van der Waals surface area contributed by atoms with Gasteiger partial charge in [-0.15, -0.1) is 0 Å². The molecule has 0 spiro atoms. The van der Waals surface area contributed by atoms with Crippen LogP contribution in [0.5, 0.6) is 5.75 Å². The van der Waals surface area contributed by atoms with E-state index in [0.29, 0.717) is 10.7 Å². The molecule has 1 aliphatic rings. The topological polar surface area (TPSA) is 49.3 Å². The van der Waals surface area contributed by atoms with Gasteiger partial charge in [-0.1, -0.05) is 42.2 Å². The quantitative estimate of drug-likeness (QED) is 0.767. The molecule has 5 heteroatoms. The number of rotatable bonds is 2. The number of thioether (sulfide) groups is 1. The Hall–Kier alpha value is -1.07. The summed E-state index contributed by atoms with van der Waals surface area (Å²) in [4.78, 5) is 11.4. The normalized spacial score (nSPS) is 20.4. The van der Waals surface area contributed by atoms with Gasteiger partial charge in [0.15, 0.2) is 0 Å². The van der Waals surface area contributed by atoms with Crippen LogP contribution in [0, 0.1) is 0 Å². The summed E-state index contributed by atoms with van der Waals surface area (Å²) in [6.07, 6.45) is 0.503. The first kappa shape index (κ1) is 10.4. The van der Waals surface area contributed by atoms with Gasteiger partial charge in [-0.3, -0.25) is 4.79 Å². The van der Waals surface area contributed by atoms with Crippen LogP contribution in [0.15, 0.2) is 24.3 Å². The van der Waals surface area contributed by atoms with Gasteiger partial charge in [0.1, 0.15) is 10.1 Å². The average Bonchev–Trinajstić information content (AvgIpc) is 2.49. The second kappa shape index (κ2) is 4.20. The van der Waals surface area contributed by atoms with Crippen LogP contribution < -0.4 is 5.32 Å². The summed E-state index contributed by atoms with van der Waals surface area (Å²) < 4.78 is 0.514. The van der Waals surface area contributed by atoms with Crippen molar-refractivity contribution in [2.75, 3.05) is 0 Å². The Morgan fingerprint density at radius 2 is 2.20 bits per heavy atom. The maximum absolute atomic E-state index is 11.4. The molecule has 3 nitrogen and oxygen atoms in total. The third-order valence-electron chi connectivity index (χ3n) is 2.16. The number of phenolic OH excluding ortho intramolecular Hbond substituents is 1. The van der Waals surface area contributed by atoms with Crippen molar-refractivity contribution in [2.45, 2.75) is 11.7 Å². The Kier molecular flexibility index (Phi) is 2.93. The van der Waals surface area contributed by atoms with Crippen LogP contribution in [-0.4, -0.2) is 20.6 Å². The third-order valence-corrected chi connectivity index (χ3v) is 3.54. The summed E-state index contributed by atoms with van der Waals surface area (Å²) in [5, 5.41) is 11.9. The molecular formula is C10H9NO2S2. The Balaban J connectivity index is 2.13. The molecule has 2 N–H and O–H groups in total. The van der Waals surface area contributed by atoms with E-state index in [4.69, 9.17) is 12.2 Å². The van der Waals surface area contributed by atoms with Gasteiger partial charge in [-0.25, -0.2) is 0 Å². The van der Waals surface area contributed by atoms with Gasteiger partial charge < -0.3 is 10.4 Å². The molecule has 0 aliphatic carbocycles. The second-order valence-electron chi connectivity index (χ2n) is 3.22. The molecule has 1 aromatic carbocycles. The van der Waals surface area contributed by atoms with E-state index in [1.807, 2.05) is 12.1 Å². The molecule has 1 heterocycles. The molecular weight excluding hydrogens is 230 g/mol. The van der Waals surface area contributed by atoms with Crippen molar-refractivity contribution in [1.29, 1.82) is 0 Å². The fourth-order valence-electron chi connectivity index (χ4n) is 1.41. The first-order chi connectivity index (χ1) is 7.16. The molecule has 15 heavy (non-hydrogen) atoms. The van der Waals surface area contributed by atoms with Crippen molar-refractivity contribution in [3.8, 4) is 5.75 Å². The highest BCUT2D eigenvalue weighted by atomic mass is 32.2. The molecule has 1 aliphatic heterocycles. The number of amides is 1. The van der Waals surface area contributed by atoms with Crippen molar-refractivity contribution in [2.24, 2.45) is 0 Å². The SMILES string of the molecule is O=C1NC(=S)SC1Cc1ccccc1O. The van der Waals surface area contributed by atoms with Gasteiger partial charge in [0, 0.05) is 0 Å². The number of thiocarbonyl (C=S) groups is 1. The Bertz CT molecular complexity index is 420. The third kappa shape index (κ3) is 2.30. The lowest BCUT2D eigenvalue weighted by molar-refractivity contribution is -0.118. The highest BCUT2D eigenvalue weighted by Gasteiger charge is 2.29. The van der Waals surface area contributed by atoms with Gasteiger partial charge >= 0.3 is 0 Å². The zero-order chi connectivity index (χ0) is 10.8. The Labute approximate surface area is 96.9 Å². The summed E-state index contributed by atoms with van der Waals surface area (Å²) >= 11 is 6.23. The van der Waals surface area contributed by atoms with Crippen LogP contribution in [0.4, 0.5) is 0 Å². The number of nitrogens with one attached hydrogen (secondary N) is 1. The van der Waals surface area contributed by atoms with E-state index in [1.165, 1.54) is 11.8 Å². The minimum absolute atomic E-state index is 0.0757. The van der Waals surface area contributed by atoms with E-state index in [0.717, 1.165) is 5.56 Å². The minimum atomic E-state index is -0.217. The van der Waals surface area contributed by atoms with Crippen LogP contribution in [0.25, 0.3) is 0 Å². The molecule has 0 aromatic heterocycles. The summed E-state index contributed by atoms with van der Waals surface area (Å²) in [6.45, 7) is 0. The minimum Gasteiger partial charge on any atom is -0.508 e. The predicted molar refractivity (Wildman–Crippen MR) is 63.9 cm³/mol. The maximum Gasteiger partial charge on any atom is 0.239 e. The summed E-state index contributed by atoms with van der Waals surface area (Å²) in [6, 6.07) is 7.02. The highest BCUT2D eigenvalue weighted by molar-refractivity contribution is 8.24. The number of carbonyl (C=O) groups excluding carboxylic acids is 1. The van der Waals surface area contributed by atoms with Crippen molar-refractivity contribution in [3.05, 3.63) is 29.8 Å². The lowest BCUT2D eigenvalue weighted by Gasteiger charge is -2.06. The number of phenols is 1. The number of hydrogen-bond donors (Lipinski definition) is 2. The molecule has 1 aromatic rings. The molecule has 0 radical (unpaired) electrons. The molecule has 1 amide bonds. The predicted octanol–water partition coefficient (Wildman–Crippen LogP) is 1.45. The van der Waals surface area contributed by atoms with E-state index < -0.39 is 0 Å². The van der Waals surface area contributed by atoms with Gasteiger partial charge in [-0.2, -0.15) is 0 Å². The van der Waals surface area contributed by atoms with Gasteiger partial charge in [0.05, 0.1) is 5.25 Å². The smallest absolute Gasteiger partial charge is 0.239 e. The number of hydrogen-bond acceptors (Lipinski definition) is 4. The average molecular weight is 239 g/mol. The van der Waals surface area contributed by atoms with E-state index in [9.17, 15) is 9.90 Å². The maximum atomic E-state index is 11.4. The lowest BCUT2D eigenvalue weighted by atomic mass is 10.1. The van der Waals surface area contributed by atoms with Crippen LogP contribution in [0.2, 0.25) is 0 Å². The van der Waals surface area contributed by atoms with Crippen LogP contribution in [0.3, 0.4) is 0 Å². The summed E-state index contributed by atoms with van der Waals surface area (Å²) in [7, 11) is 0. The number of para-hydroxylation sites is 1. The van der Waals surface area contributed by atoms with Crippen LogP contribution in [-0.2, 0) is 11.2 Å². The van der Waals surface area contributed by atoms with E-state index in [1.54, 1.807) is 12.1 Å². The van der Waals surface area contributed by atoms with Crippen molar-refractivity contribution >= 4 is 34.2 Å². The molecule has 0 bridgehead atoms. The molecule has 1 fully saturated rings. The summed E-state index contributed by atoms with van der Waals surface area (Å²) in [5.74, 6) is 0.150. The molecule has 1 saturated heterocycles. The number of aromatic hydroxyl groups is 1. The fraction of sp³-hybridized carbons (Fsp3) is 0.200. The zero-order valence-corrected chi connectivity index (χ0v) is 9.40. The van der Waals surface area contributed by atoms with E-state index in [-0.39, 0.29) is 16.9 Å². The second-order valence-corrected chi connectivity index (χ2v) is 5.10. The number of benzene rings is 1. The van der Waals surface area contributed by atoms with Crippen molar-refractivity contribution in [1.82, 2.24) is 5.32 Å². The van der Waals surface area contributed by atoms with Gasteiger partial charge in [0.2, 0.25) is 5.91 Å². The Morgan fingerprint density at radius 3 is 2.80 bits per heavy atom. The first-order valence-electron chi connectivity index (χ1n) is 4.45. The Morgan fingerprint density at radius 1 is 1.47 bits per heavy atom. The molecule has 0 saturated carbocycles. The number of carbonyl (C=O) groups is 1. The van der Waals surface area contributed by atoms with E-state index >= 15 is 0 Å². The molecule has 1 atom stereocenters. The zero-order valence-electron chi connectivity index (χ0n) is 7.77. The van der Waals surface area contributed by atoms with Crippen molar-refractivity contribution in [3.63, 3.8) is 0 Å². The van der Waals surface area contributed by atoms with Crippen LogP contribution >= 0.6 is 24.0 Å². The molecule has 1 unspecified atom stereocenters. The monoisotopic (exact) mass is 239 g/mol. The van der Waals surface area contributed by atoms with Gasteiger partial charge in [-0.05, 0) is 18.1 Å².